The molecule has 1 aromatic heterocycles. The predicted octanol–water partition coefficient (Wildman–Crippen LogP) is 7.28. The Morgan fingerprint density at radius 2 is 1.89 bits per heavy atom. The van der Waals surface area contributed by atoms with Crippen LogP contribution in [0.2, 0.25) is 0 Å². The van der Waals surface area contributed by atoms with E-state index in [-0.39, 0.29) is 0 Å². The Morgan fingerprint density at radius 3 is 2.32 bits per heavy atom. The lowest BCUT2D eigenvalue weighted by Gasteiger charge is -2.23. The molecule has 28 heavy (non-hydrogen) atoms. The summed E-state index contributed by atoms with van der Waals surface area (Å²) in [7, 11) is 0. The Hall–Kier alpha value is -1.91. The predicted molar refractivity (Wildman–Crippen MR) is 130 cm³/mol. The van der Waals surface area contributed by atoms with Gasteiger partial charge in [0.2, 0.25) is 0 Å². The van der Waals surface area contributed by atoms with Crippen LogP contribution in [0.15, 0.2) is 59.8 Å². The Bertz CT molecular complexity index is 636. The zero-order valence-electron chi connectivity index (χ0n) is 19.0. The van der Waals surface area contributed by atoms with Crippen molar-refractivity contribution >= 4 is 17.0 Å². The molecule has 0 amide bonds. The van der Waals surface area contributed by atoms with Crippen molar-refractivity contribution in [3.05, 3.63) is 70.2 Å². The molecule has 0 aromatic carbocycles. The molecule has 4 heteroatoms. The second-order valence-corrected chi connectivity index (χ2v) is 6.88. The maximum Gasteiger partial charge on any atom is 0.0569 e. The lowest BCUT2D eigenvalue weighted by Crippen LogP contribution is -2.16. The molecule has 0 atom stereocenters. The molecule has 3 N–H and O–H groups in total. The van der Waals surface area contributed by atoms with Crippen molar-refractivity contribution < 1.29 is 0 Å². The molecule has 0 spiro atoms. The van der Waals surface area contributed by atoms with Crippen molar-refractivity contribution in [1.82, 2.24) is 4.90 Å². The van der Waals surface area contributed by atoms with Crippen molar-refractivity contribution in [2.45, 2.75) is 67.9 Å². The van der Waals surface area contributed by atoms with Crippen LogP contribution in [0.1, 0.15) is 71.7 Å². The molecule has 158 valence electrons. The first kappa shape index (κ1) is 28.3. The van der Waals surface area contributed by atoms with Crippen LogP contribution >= 0.6 is 11.3 Å². The number of nitrogens with zero attached hydrogens (tertiary/aromatic N) is 1. The number of nitrogens with one attached hydrogen (secondary N) is 1. The maximum absolute atomic E-state index is 7.73. The number of nitrogens with two attached hydrogens (primary N) is 1. The van der Waals surface area contributed by atoms with Crippen LogP contribution in [0.3, 0.4) is 0 Å². The van der Waals surface area contributed by atoms with E-state index < -0.39 is 0 Å². The normalized spacial score (nSPS) is 11.3. The van der Waals surface area contributed by atoms with Gasteiger partial charge in [-0.25, -0.2) is 0 Å². The quantitative estimate of drug-likeness (QED) is 0.336. The monoisotopic (exact) mass is 403 g/mol. The molecule has 1 aromatic rings. The number of allylic oxidation sites excluding steroid dienone is 5. The molecule has 0 saturated carbocycles. The van der Waals surface area contributed by atoms with E-state index in [0.717, 1.165) is 37.2 Å². The molecule has 0 radical (unpaired) electrons. The van der Waals surface area contributed by atoms with Gasteiger partial charge < -0.3 is 16.0 Å². The maximum atomic E-state index is 7.73. The van der Waals surface area contributed by atoms with Crippen LogP contribution in [0.25, 0.3) is 0 Å². The smallest absolute Gasteiger partial charge is 0.0569 e. The molecular formula is C24H41N3S. The topological polar surface area (TPSA) is 53.1 Å². The number of thiophene rings is 1. The minimum atomic E-state index is 0.612. The molecule has 0 bridgehead atoms. The van der Waals surface area contributed by atoms with Gasteiger partial charge in [0.1, 0.15) is 0 Å². The first-order chi connectivity index (χ1) is 13.4. The highest BCUT2D eigenvalue weighted by Crippen LogP contribution is 2.23. The minimum Gasteiger partial charge on any atom is -0.343 e. The summed E-state index contributed by atoms with van der Waals surface area (Å²) in [4.78, 5) is 3.40. The third-order valence-electron chi connectivity index (χ3n) is 3.63. The Kier molecular flexibility index (Phi) is 18.7. The molecule has 0 aliphatic heterocycles. The van der Waals surface area contributed by atoms with Crippen LogP contribution in [0.4, 0.5) is 0 Å². The van der Waals surface area contributed by atoms with Crippen molar-refractivity contribution in [2.24, 2.45) is 5.73 Å². The van der Waals surface area contributed by atoms with Gasteiger partial charge >= 0.3 is 0 Å². The first-order valence-corrected chi connectivity index (χ1v) is 11.0. The van der Waals surface area contributed by atoms with E-state index in [0.29, 0.717) is 5.71 Å². The second-order valence-electron chi connectivity index (χ2n) is 5.89. The van der Waals surface area contributed by atoms with Crippen LogP contribution in [0, 0.1) is 5.41 Å². The van der Waals surface area contributed by atoms with Crippen molar-refractivity contribution in [3.63, 3.8) is 0 Å². The van der Waals surface area contributed by atoms with E-state index in [9.17, 15) is 0 Å². The number of hydrogen-bond acceptors (Lipinski definition) is 4. The van der Waals surface area contributed by atoms with Gasteiger partial charge in [0.25, 0.3) is 0 Å². The van der Waals surface area contributed by atoms with E-state index in [4.69, 9.17) is 11.1 Å². The van der Waals surface area contributed by atoms with Gasteiger partial charge in [-0.15, -0.1) is 11.3 Å². The van der Waals surface area contributed by atoms with Crippen molar-refractivity contribution in [3.8, 4) is 0 Å². The first-order valence-electron chi connectivity index (χ1n) is 10.2. The lowest BCUT2D eigenvalue weighted by atomic mass is 10.1. The average molecular weight is 404 g/mol. The van der Waals surface area contributed by atoms with Crippen LogP contribution in [-0.4, -0.2) is 17.2 Å². The summed E-state index contributed by atoms with van der Waals surface area (Å²) in [5.41, 5.74) is 8.85. The molecule has 0 aliphatic rings. The van der Waals surface area contributed by atoms with Gasteiger partial charge in [-0.05, 0) is 57.7 Å². The summed E-state index contributed by atoms with van der Waals surface area (Å²) in [5, 5.41) is 9.78. The van der Waals surface area contributed by atoms with Gasteiger partial charge in [0.15, 0.2) is 0 Å². The molecule has 1 heterocycles. The highest BCUT2D eigenvalue weighted by molar-refractivity contribution is 7.10. The third-order valence-corrected chi connectivity index (χ3v) is 4.55. The summed E-state index contributed by atoms with van der Waals surface area (Å²) in [6, 6.07) is 2.10. The van der Waals surface area contributed by atoms with Crippen LogP contribution in [-0.2, 0) is 6.54 Å². The summed E-state index contributed by atoms with van der Waals surface area (Å²) < 4.78 is 0. The number of hydrogen-bond donors (Lipinski definition) is 2. The van der Waals surface area contributed by atoms with Crippen molar-refractivity contribution in [1.29, 1.82) is 5.41 Å². The molecule has 0 aliphatic carbocycles. The fourth-order valence-electron chi connectivity index (χ4n) is 2.10. The second kappa shape index (κ2) is 18.5. The Morgan fingerprint density at radius 1 is 1.29 bits per heavy atom. The van der Waals surface area contributed by atoms with Crippen LogP contribution in [0.5, 0.6) is 0 Å². The van der Waals surface area contributed by atoms with E-state index in [1.165, 1.54) is 10.5 Å². The van der Waals surface area contributed by atoms with Gasteiger partial charge in [-0.3, -0.25) is 0 Å². The summed E-state index contributed by atoms with van der Waals surface area (Å²) in [6.07, 6.45) is 12.7. The average Bonchev–Trinajstić information content (AvgIpc) is 3.17. The third kappa shape index (κ3) is 11.7. The highest BCUT2D eigenvalue weighted by Gasteiger charge is 2.10. The molecule has 0 unspecified atom stereocenters. The van der Waals surface area contributed by atoms with Gasteiger partial charge in [0, 0.05) is 27.2 Å². The number of unbranched alkanes of at least 4 members (excludes halogenated alkanes) is 1. The fraction of sp³-hybridized carbons (Fsp3) is 0.458. The Balaban J connectivity index is 0. The summed E-state index contributed by atoms with van der Waals surface area (Å²) in [6.45, 7) is 19.6. The highest BCUT2D eigenvalue weighted by atomic mass is 32.1. The summed E-state index contributed by atoms with van der Waals surface area (Å²) >= 11 is 1.70. The molecular weight excluding hydrogens is 362 g/mol. The van der Waals surface area contributed by atoms with Crippen LogP contribution < -0.4 is 5.73 Å². The molecule has 1 rings (SSSR count). The Labute approximate surface area is 177 Å². The largest absolute Gasteiger partial charge is 0.343 e. The van der Waals surface area contributed by atoms with E-state index in [2.05, 4.69) is 62.6 Å². The zero-order chi connectivity index (χ0) is 21.9. The standard InChI is InChI=1S/C20H28N2S.C2H7N.C2H6/c1-6-9-10-11-12-20(16(4)7-2)22(8-3)14-19-13-18(15-23-19)17(5)21;1-2-3;1-2/h7-8,10-13,15,21H,3,6,9,14H2,1-2,4-5H3;2-3H2,1H3;1-2H3/b11-10-,16-7-,20-12+,21-17?;;. The van der Waals surface area contributed by atoms with E-state index in [1.54, 1.807) is 11.3 Å². The van der Waals surface area contributed by atoms with Crippen molar-refractivity contribution in [2.75, 3.05) is 6.54 Å². The molecule has 0 fully saturated rings. The molecule has 0 saturated heterocycles. The minimum absolute atomic E-state index is 0.612. The van der Waals surface area contributed by atoms with Gasteiger partial charge in [-0.2, -0.15) is 0 Å². The summed E-state index contributed by atoms with van der Waals surface area (Å²) in [5.74, 6) is 0. The molecule has 3 nitrogen and oxygen atoms in total. The SMILES string of the molecule is C=CN(Cc1cc(C(C)=N)cs1)C(=C/C=C\CCC)/C(C)=C\C.CC.CCN. The zero-order valence-corrected chi connectivity index (χ0v) is 19.8. The fourth-order valence-corrected chi connectivity index (χ4v) is 3.03. The van der Waals surface area contributed by atoms with Gasteiger partial charge in [0.05, 0.1) is 6.54 Å². The number of rotatable bonds is 9. The lowest BCUT2D eigenvalue weighted by molar-refractivity contribution is 0.472. The van der Waals surface area contributed by atoms with E-state index >= 15 is 0 Å². The van der Waals surface area contributed by atoms with E-state index in [1.807, 2.05) is 39.3 Å². The van der Waals surface area contributed by atoms with Gasteiger partial charge in [-0.1, -0.05) is 58.9 Å².